The average Bonchev–Trinajstić information content (AvgIpc) is 2.33. The summed E-state index contributed by atoms with van der Waals surface area (Å²) in [5, 5.41) is 3.45. The second-order valence-electron chi connectivity index (χ2n) is 5.44. The van der Waals surface area contributed by atoms with E-state index in [4.69, 9.17) is 0 Å². The molecule has 92 valence electrons. The molecule has 0 amide bonds. The van der Waals surface area contributed by atoms with Crippen molar-refractivity contribution in [2.45, 2.75) is 32.7 Å². The van der Waals surface area contributed by atoms with Crippen molar-refractivity contribution in [3.8, 4) is 0 Å². The van der Waals surface area contributed by atoms with E-state index in [2.05, 4.69) is 35.3 Å². The molecule has 1 fully saturated rings. The smallest absolute Gasteiger partial charge is 0.0369 e. The average molecular weight is 230 g/mol. The van der Waals surface area contributed by atoms with E-state index in [-0.39, 0.29) is 0 Å². The Kier molecular flexibility index (Phi) is 3.06. The number of nitrogens with one attached hydrogen (secondary N) is 1. The molecule has 17 heavy (non-hydrogen) atoms. The second kappa shape index (κ2) is 4.69. The van der Waals surface area contributed by atoms with Crippen LogP contribution in [0.4, 0.5) is 5.69 Å². The van der Waals surface area contributed by atoms with E-state index < -0.39 is 0 Å². The van der Waals surface area contributed by atoms with Crippen molar-refractivity contribution in [3.05, 3.63) is 29.3 Å². The van der Waals surface area contributed by atoms with Gasteiger partial charge in [0.15, 0.2) is 0 Å². The minimum atomic E-state index is 0.939. The zero-order valence-corrected chi connectivity index (χ0v) is 10.7. The number of fused-ring (bicyclic) bond motifs is 1. The molecule has 2 nitrogen and oxygen atoms in total. The van der Waals surface area contributed by atoms with Crippen LogP contribution in [0.3, 0.4) is 0 Å². The van der Waals surface area contributed by atoms with Crippen molar-refractivity contribution < 1.29 is 0 Å². The number of hydrogen-bond acceptors (Lipinski definition) is 2. The van der Waals surface area contributed by atoms with Crippen molar-refractivity contribution in [2.24, 2.45) is 5.92 Å². The van der Waals surface area contributed by atoms with Crippen molar-refractivity contribution in [2.75, 3.05) is 24.5 Å². The van der Waals surface area contributed by atoms with Crippen LogP contribution in [0.5, 0.6) is 0 Å². The molecule has 0 aliphatic carbocycles. The zero-order chi connectivity index (χ0) is 11.7. The summed E-state index contributed by atoms with van der Waals surface area (Å²) in [5.41, 5.74) is 4.48. The highest BCUT2D eigenvalue weighted by molar-refractivity contribution is 5.53. The molecule has 1 aromatic rings. The molecular weight excluding hydrogens is 208 g/mol. The maximum atomic E-state index is 3.45. The Labute approximate surface area is 104 Å². The molecular formula is C15H22N2. The van der Waals surface area contributed by atoms with Crippen LogP contribution in [0.1, 0.15) is 30.9 Å². The number of anilines is 1. The van der Waals surface area contributed by atoms with Crippen LogP contribution in [0.25, 0.3) is 0 Å². The van der Waals surface area contributed by atoms with Gasteiger partial charge in [0.1, 0.15) is 0 Å². The van der Waals surface area contributed by atoms with Gasteiger partial charge in [-0.3, -0.25) is 0 Å². The predicted molar refractivity (Wildman–Crippen MR) is 72.5 cm³/mol. The SMILES string of the molecule is CCCC1CN(c2ccc3c(c2)CNCC3)C1. The fourth-order valence-corrected chi connectivity index (χ4v) is 3.04. The molecule has 0 radical (unpaired) electrons. The van der Waals surface area contributed by atoms with Crippen molar-refractivity contribution in [1.29, 1.82) is 0 Å². The minimum Gasteiger partial charge on any atom is -0.371 e. The van der Waals surface area contributed by atoms with E-state index in [0.717, 1.165) is 19.0 Å². The Balaban J connectivity index is 1.68. The van der Waals surface area contributed by atoms with Crippen LogP contribution in [0, 0.1) is 5.92 Å². The number of hydrogen-bond donors (Lipinski definition) is 1. The Morgan fingerprint density at radius 2 is 2.18 bits per heavy atom. The zero-order valence-electron chi connectivity index (χ0n) is 10.7. The Morgan fingerprint density at radius 1 is 1.29 bits per heavy atom. The van der Waals surface area contributed by atoms with Crippen LogP contribution in [-0.2, 0) is 13.0 Å². The lowest BCUT2D eigenvalue weighted by molar-refractivity contribution is 0.380. The first-order valence-corrected chi connectivity index (χ1v) is 6.94. The number of benzene rings is 1. The highest BCUT2D eigenvalue weighted by atomic mass is 15.2. The first kappa shape index (κ1) is 11.1. The lowest BCUT2D eigenvalue weighted by Gasteiger charge is -2.41. The molecule has 2 aliphatic rings. The first-order valence-electron chi connectivity index (χ1n) is 6.94. The third-order valence-corrected chi connectivity index (χ3v) is 4.10. The Hall–Kier alpha value is -1.02. The van der Waals surface area contributed by atoms with Crippen molar-refractivity contribution in [1.82, 2.24) is 5.32 Å². The van der Waals surface area contributed by atoms with Gasteiger partial charge in [-0.1, -0.05) is 19.4 Å². The van der Waals surface area contributed by atoms with Gasteiger partial charge in [-0.2, -0.15) is 0 Å². The summed E-state index contributed by atoms with van der Waals surface area (Å²) in [6.07, 6.45) is 3.91. The monoisotopic (exact) mass is 230 g/mol. The van der Waals surface area contributed by atoms with Crippen LogP contribution in [0.15, 0.2) is 18.2 Å². The molecule has 0 aromatic heterocycles. The van der Waals surface area contributed by atoms with Gasteiger partial charge < -0.3 is 10.2 Å². The highest BCUT2D eigenvalue weighted by Crippen LogP contribution is 2.29. The third-order valence-electron chi connectivity index (χ3n) is 4.10. The minimum absolute atomic E-state index is 0.939. The van der Waals surface area contributed by atoms with Gasteiger partial charge in [-0.05, 0) is 48.6 Å². The lowest BCUT2D eigenvalue weighted by atomic mass is 9.93. The molecule has 1 saturated heterocycles. The topological polar surface area (TPSA) is 15.3 Å². The van der Waals surface area contributed by atoms with Gasteiger partial charge in [0.05, 0.1) is 0 Å². The molecule has 3 rings (SSSR count). The maximum Gasteiger partial charge on any atom is 0.0369 e. The molecule has 0 spiro atoms. The summed E-state index contributed by atoms with van der Waals surface area (Å²) in [7, 11) is 0. The molecule has 0 unspecified atom stereocenters. The van der Waals surface area contributed by atoms with E-state index in [9.17, 15) is 0 Å². The fourth-order valence-electron chi connectivity index (χ4n) is 3.04. The summed E-state index contributed by atoms with van der Waals surface area (Å²) in [4.78, 5) is 2.52. The normalized spacial score (nSPS) is 19.9. The molecule has 1 aromatic carbocycles. The summed E-state index contributed by atoms with van der Waals surface area (Å²) in [6.45, 7) is 7.00. The van der Waals surface area contributed by atoms with Gasteiger partial charge in [0, 0.05) is 25.3 Å². The van der Waals surface area contributed by atoms with Gasteiger partial charge in [0.2, 0.25) is 0 Å². The predicted octanol–water partition coefficient (Wildman–Crippen LogP) is 2.57. The molecule has 0 atom stereocenters. The second-order valence-corrected chi connectivity index (χ2v) is 5.44. The largest absolute Gasteiger partial charge is 0.371 e. The lowest BCUT2D eigenvalue weighted by Crippen LogP contribution is -2.46. The van der Waals surface area contributed by atoms with E-state index in [1.807, 2.05) is 0 Å². The molecule has 0 bridgehead atoms. The standard InChI is InChI=1S/C15H22N2/c1-2-3-12-10-17(11-12)15-5-4-13-6-7-16-9-14(13)8-15/h4-5,8,12,16H,2-3,6-7,9-11H2,1H3. The summed E-state index contributed by atoms with van der Waals surface area (Å²) >= 11 is 0. The fraction of sp³-hybridized carbons (Fsp3) is 0.600. The number of nitrogens with zero attached hydrogens (tertiary/aromatic N) is 1. The third kappa shape index (κ3) is 2.19. The van der Waals surface area contributed by atoms with Crippen LogP contribution in [0.2, 0.25) is 0 Å². The van der Waals surface area contributed by atoms with Crippen LogP contribution < -0.4 is 10.2 Å². The quantitative estimate of drug-likeness (QED) is 0.858. The molecule has 2 aliphatic heterocycles. The van der Waals surface area contributed by atoms with Crippen molar-refractivity contribution in [3.63, 3.8) is 0 Å². The summed E-state index contributed by atoms with van der Waals surface area (Å²) < 4.78 is 0. The Bertz CT molecular complexity index is 394. The van der Waals surface area contributed by atoms with E-state index in [1.54, 1.807) is 0 Å². The van der Waals surface area contributed by atoms with E-state index in [0.29, 0.717) is 0 Å². The highest BCUT2D eigenvalue weighted by Gasteiger charge is 2.26. The maximum absolute atomic E-state index is 3.45. The first-order chi connectivity index (χ1) is 8.36. The molecule has 0 saturated carbocycles. The summed E-state index contributed by atoms with van der Waals surface area (Å²) in [6, 6.07) is 7.04. The van der Waals surface area contributed by atoms with Gasteiger partial charge in [-0.15, -0.1) is 0 Å². The van der Waals surface area contributed by atoms with Crippen LogP contribution in [-0.4, -0.2) is 19.6 Å². The summed E-state index contributed by atoms with van der Waals surface area (Å²) in [5.74, 6) is 0.939. The number of rotatable bonds is 3. The van der Waals surface area contributed by atoms with Crippen molar-refractivity contribution >= 4 is 5.69 Å². The van der Waals surface area contributed by atoms with E-state index >= 15 is 0 Å². The Morgan fingerprint density at radius 3 is 3.00 bits per heavy atom. The van der Waals surface area contributed by atoms with Gasteiger partial charge in [-0.25, -0.2) is 0 Å². The van der Waals surface area contributed by atoms with Gasteiger partial charge >= 0.3 is 0 Å². The van der Waals surface area contributed by atoms with Crippen LogP contribution >= 0.6 is 0 Å². The molecule has 2 heterocycles. The van der Waals surface area contributed by atoms with E-state index in [1.165, 1.54) is 49.2 Å². The molecule has 1 N–H and O–H groups in total. The molecule has 2 heteroatoms. The van der Waals surface area contributed by atoms with Gasteiger partial charge in [0.25, 0.3) is 0 Å².